The summed E-state index contributed by atoms with van der Waals surface area (Å²) in [5, 5.41) is 2.04. The lowest BCUT2D eigenvalue weighted by Crippen LogP contribution is -1.96. The second-order valence-electron chi connectivity index (χ2n) is 3.13. The quantitative estimate of drug-likeness (QED) is 0.617. The molecule has 2 rings (SSSR count). The first-order valence-electron chi connectivity index (χ1n) is 3.87. The summed E-state index contributed by atoms with van der Waals surface area (Å²) in [7, 11) is 0. The largest absolute Gasteiger partial charge is 0.293 e. The highest BCUT2D eigenvalue weighted by Gasteiger charge is 2.30. The summed E-state index contributed by atoms with van der Waals surface area (Å²) in [4.78, 5) is 12.4. The minimum absolute atomic E-state index is 0.364. The van der Waals surface area contributed by atoms with Crippen LogP contribution in [0, 0.1) is 12.8 Å². The highest BCUT2D eigenvalue weighted by Crippen LogP contribution is 2.34. The van der Waals surface area contributed by atoms with E-state index in [0.717, 1.165) is 17.7 Å². The smallest absolute Gasteiger partial charge is 0.175 e. The molecule has 0 spiro atoms. The van der Waals surface area contributed by atoms with Crippen LogP contribution >= 0.6 is 11.3 Å². The van der Waals surface area contributed by atoms with Gasteiger partial charge in [0.05, 0.1) is 4.88 Å². The molecule has 0 unspecified atom stereocenters. The predicted octanol–water partition coefficient (Wildman–Crippen LogP) is 2.65. The van der Waals surface area contributed by atoms with E-state index in [1.165, 1.54) is 5.56 Å². The van der Waals surface area contributed by atoms with Crippen molar-refractivity contribution in [2.75, 3.05) is 0 Å². The standard InChI is InChI=1S/C9H10OS/c1-6-4-8(11-5-6)9(10)7-2-3-7/h4-5,7H,2-3H2,1H3. The Labute approximate surface area is 70.1 Å². The molecule has 1 aliphatic rings. The first-order valence-corrected chi connectivity index (χ1v) is 4.74. The Bertz CT molecular complexity index is 284. The first-order chi connectivity index (χ1) is 5.27. The van der Waals surface area contributed by atoms with Crippen molar-refractivity contribution in [3.05, 3.63) is 21.9 Å². The molecule has 1 nitrogen and oxygen atoms in total. The molecule has 0 N–H and O–H groups in total. The molecule has 1 aromatic rings. The predicted molar refractivity (Wildman–Crippen MR) is 46.1 cm³/mol. The van der Waals surface area contributed by atoms with Gasteiger partial charge in [-0.05, 0) is 36.8 Å². The maximum absolute atomic E-state index is 11.4. The van der Waals surface area contributed by atoms with Gasteiger partial charge in [0, 0.05) is 5.92 Å². The Balaban J connectivity index is 2.21. The van der Waals surface area contributed by atoms with Crippen molar-refractivity contribution in [2.45, 2.75) is 19.8 Å². The maximum Gasteiger partial charge on any atom is 0.175 e. The molecule has 1 aromatic heterocycles. The molecule has 1 saturated carbocycles. The van der Waals surface area contributed by atoms with Crippen molar-refractivity contribution in [3.8, 4) is 0 Å². The molecule has 0 radical (unpaired) electrons. The van der Waals surface area contributed by atoms with Crippen molar-refractivity contribution in [1.82, 2.24) is 0 Å². The molecular formula is C9H10OS. The highest BCUT2D eigenvalue weighted by atomic mass is 32.1. The lowest BCUT2D eigenvalue weighted by atomic mass is 10.2. The average molecular weight is 166 g/mol. The van der Waals surface area contributed by atoms with Gasteiger partial charge in [0.15, 0.2) is 5.78 Å². The van der Waals surface area contributed by atoms with E-state index in [1.807, 2.05) is 18.4 Å². The number of thiophene rings is 1. The van der Waals surface area contributed by atoms with Crippen LogP contribution < -0.4 is 0 Å². The van der Waals surface area contributed by atoms with E-state index in [-0.39, 0.29) is 0 Å². The van der Waals surface area contributed by atoms with E-state index in [4.69, 9.17) is 0 Å². The van der Waals surface area contributed by atoms with Gasteiger partial charge in [-0.25, -0.2) is 0 Å². The fourth-order valence-corrected chi connectivity index (χ4v) is 2.02. The van der Waals surface area contributed by atoms with Crippen molar-refractivity contribution >= 4 is 17.1 Å². The van der Waals surface area contributed by atoms with Crippen LogP contribution in [0.15, 0.2) is 11.4 Å². The van der Waals surface area contributed by atoms with Gasteiger partial charge >= 0.3 is 0 Å². The molecular weight excluding hydrogens is 156 g/mol. The Morgan fingerprint density at radius 2 is 2.36 bits per heavy atom. The maximum atomic E-state index is 11.4. The summed E-state index contributed by atoms with van der Waals surface area (Å²) in [6.45, 7) is 2.03. The lowest BCUT2D eigenvalue weighted by molar-refractivity contribution is 0.0971. The summed E-state index contributed by atoms with van der Waals surface area (Å²) >= 11 is 1.58. The third kappa shape index (κ3) is 1.36. The number of aryl methyl sites for hydroxylation is 1. The summed E-state index contributed by atoms with van der Waals surface area (Å²) < 4.78 is 0. The van der Waals surface area contributed by atoms with Crippen LogP contribution in [0.3, 0.4) is 0 Å². The van der Waals surface area contributed by atoms with E-state index < -0.39 is 0 Å². The van der Waals surface area contributed by atoms with Gasteiger partial charge < -0.3 is 0 Å². The molecule has 0 atom stereocenters. The minimum Gasteiger partial charge on any atom is -0.293 e. The van der Waals surface area contributed by atoms with Gasteiger partial charge in [0.1, 0.15) is 0 Å². The van der Waals surface area contributed by atoms with E-state index in [1.54, 1.807) is 11.3 Å². The van der Waals surface area contributed by atoms with Crippen LogP contribution in [-0.4, -0.2) is 5.78 Å². The molecule has 0 bridgehead atoms. The Hall–Kier alpha value is -0.630. The molecule has 1 heterocycles. The molecule has 11 heavy (non-hydrogen) atoms. The lowest BCUT2D eigenvalue weighted by Gasteiger charge is -1.89. The molecule has 0 saturated heterocycles. The van der Waals surface area contributed by atoms with E-state index in [9.17, 15) is 4.79 Å². The summed E-state index contributed by atoms with van der Waals surface area (Å²) in [5.74, 6) is 0.733. The van der Waals surface area contributed by atoms with Crippen molar-refractivity contribution in [2.24, 2.45) is 5.92 Å². The van der Waals surface area contributed by atoms with Crippen LogP contribution in [0.1, 0.15) is 28.1 Å². The number of carbonyl (C=O) groups excluding carboxylic acids is 1. The first kappa shape index (κ1) is 7.04. The van der Waals surface area contributed by atoms with E-state index in [2.05, 4.69) is 0 Å². The zero-order valence-electron chi connectivity index (χ0n) is 6.46. The SMILES string of the molecule is Cc1csc(C(=O)C2CC2)c1. The van der Waals surface area contributed by atoms with E-state index in [0.29, 0.717) is 11.7 Å². The normalized spacial score (nSPS) is 16.8. The monoisotopic (exact) mass is 166 g/mol. The van der Waals surface area contributed by atoms with Crippen molar-refractivity contribution < 1.29 is 4.79 Å². The van der Waals surface area contributed by atoms with Crippen LogP contribution in [0.2, 0.25) is 0 Å². The van der Waals surface area contributed by atoms with Gasteiger partial charge in [-0.15, -0.1) is 11.3 Å². The fourth-order valence-electron chi connectivity index (χ4n) is 1.11. The summed E-state index contributed by atoms with van der Waals surface area (Å²) in [6, 6.07) is 1.99. The Morgan fingerprint density at radius 3 is 2.82 bits per heavy atom. The fraction of sp³-hybridized carbons (Fsp3) is 0.444. The number of rotatable bonds is 2. The molecule has 58 valence electrons. The topological polar surface area (TPSA) is 17.1 Å². The zero-order chi connectivity index (χ0) is 7.84. The second kappa shape index (κ2) is 2.45. The average Bonchev–Trinajstić information content (AvgIpc) is 2.74. The number of carbonyl (C=O) groups is 1. The summed E-state index contributed by atoms with van der Waals surface area (Å²) in [5.41, 5.74) is 1.21. The van der Waals surface area contributed by atoms with Gasteiger partial charge in [-0.2, -0.15) is 0 Å². The van der Waals surface area contributed by atoms with Gasteiger partial charge in [-0.3, -0.25) is 4.79 Å². The summed E-state index contributed by atoms with van der Waals surface area (Å²) in [6.07, 6.45) is 2.21. The van der Waals surface area contributed by atoms with Crippen LogP contribution in [-0.2, 0) is 0 Å². The number of hydrogen-bond acceptors (Lipinski definition) is 2. The van der Waals surface area contributed by atoms with Crippen molar-refractivity contribution in [1.29, 1.82) is 0 Å². The van der Waals surface area contributed by atoms with Crippen LogP contribution in [0.25, 0.3) is 0 Å². The number of hydrogen-bond donors (Lipinski definition) is 0. The third-order valence-electron chi connectivity index (χ3n) is 1.92. The minimum atomic E-state index is 0.364. The van der Waals surface area contributed by atoms with Crippen molar-refractivity contribution in [3.63, 3.8) is 0 Å². The molecule has 1 aliphatic carbocycles. The van der Waals surface area contributed by atoms with Gasteiger partial charge in [0.25, 0.3) is 0 Å². The van der Waals surface area contributed by atoms with Gasteiger partial charge in [-0.1, -0.05) is 0 Å². The van der Waals surface area contributed by atoms with E-state index >= 15 is 0 Å². The molecule has 0 amide bonds. The van der Waals surface area contributed by atoms with Crippen LogP contribution in [0.4, 0.5) is 0 Å². The van der Waals surface area contributed by atoms with Crippen LogP contribution in [0.5, 0.6) is 0 Å². The molecule has 2 heteroatoms. The number of ketones is 1. The Kier molecular flexibility index (Phi) is 1.57. The molecule has 0 aromatic carbocycles. The highest BCUT2D eigenvalue weighted by molar-refractivity contribution is 7.12. The second-order valence-corrected chi connectivity index (χ2v) is 4.04. The molecule has 1 fully saturated rings. The zero-order valence-corrected chi connectivity index (χ0v) is 7.28. The van der Waals surface area contributed by atoms with Gasteiger partial charge in [0.2, 0.25) is 0 Å². The Morgan fingerprint density at radius 1 is 1.64 bits per heavy atom. The number of Topliss-reactive ketones (excluding diaryl/α,β-unsaturated/α-hetero) is 1. The third-order valence-corrected chi connectivity index (χ3v) is 2.98. The molecule has 0 aliphatic heterocycles.